The predicted octanol–water partition coefficient (Wildman–Crippen LogP) is 2.01. The van der Waals surface area contributed by atoms with E-state index in [0.717, 1.165) is 24.3 Å². The Morgan fingerprint density at radius 3 is 2.86 bits per heavy atom. The summed E-state index contributed by atoms with van der Waals surface area (Å²) in [5, 5.41) is 7.81. The number of aryl methyl sites for hydroxylation is 2. The lowest BCUT2D eigenvalue weighted by molar-refractivity contribution is -0.131. The summed E-state index contributed by atoms with van der Waals surface area (Å²) in [6.07, 6.45) is 3.24. The van der Waals surface area contributed by atoms with Crippen LogP contribution in [0, 0.1) is 6.92 Å². The van der Waals surface area contributed by atoms with Crippen molar-refractivity contribution in [1.82, 2.24) is 30.2 Å². The molecule has 0 unspecified atom stereocenters. The molecule has 1 atom stereocenters. The van der Waals surface area contributed by atoms with E-state index in [1.807, 2.05) is 19.1 Å². The minimum Gasteiger partial charge on any atom is -0.354 e. The molecule has 4 rings (SSSR count). The van der Waals surface area contributed by atoms with E-state index in [2.05, 4.69) is 30.2 Å². The van der Waals surface area contributed by atoms with E-state index >= 15 is 0 Å². The van der Waals surface area contributed by atoms with E-state index in [1.165, 1.54) is 0 Å². The van der Waals surface area contributed by atoms with Crippen molar-refractivity contribution in [3.8, 4) is 11.5 Å². The van der Waals surface area contributed by atoms with Crippen molar-refractivity contribution >= 4 is 11.7 Å². The van der Waals surface area contributed by atoms with Crippen molar-refractivity contribution in [2.45, 2.75) is 46.2 Å². The van der Waals surface area contributed by atoms with E-state index in [-0.39, 0.29) is 11.9 Å². The molecular formula is C19H23N7O3. The summed E-state index contributed by atoms with van der Waals surface area (Å²) in [4.78, 5) is 29.3. The molecule has 1 amide bonds. The third-order valence-electron chi connectivity index (χ3n) is 4.98. The first-order valence-corrected chi connectivity index (χ1v) is 9.64. The molecule has 1 aliphatic rings. The van der Waals surface area contributed by atoms with Crippen LogP contribution in [0.25, 0.3) is 11.5 Å². The largest absolute Gasteiger partial charge is 0.354 e. The van der Waals surface area contributed by atoms with E-state index in [0.29, 0.717) is 42.9 Å². The topological polar surface area (TPSA) is 114 Å². The molecule has 10 nitrogen and oxygen atoms in total. The number of amides is 1. The van der Waals surface area contributed by atoms with Crippen LogP contribution in [0.2, 0.25) is 0 Å². The summed E-state index contributed by atoms with van der Waals surface area (Å²) in [5.74, 6) is 2.97. The molecule has 152 valence electrons. The molecule has 1 saturated heterocycles. The molecule has 3 aromatic heterocycles. The van der Waals surface area contributed by atoms with Crippen LogP contribution < -0.4 is 4.90 Å². The quantitative estimate of drug-likeness (QED) is 0.616. The zero-order valence-electron chi connectivity index (χ0n) is 16.7. The van der Waals surface area contributed by atoms with Gasteiger partial charge in [0.1, 0.15) is 5.82 Å². The first kappa shape index (κ1) is 19.0. The normalized spacial score (nSPS) is 16.4. The van der Waals surface area contributed by atoms with Crippen molar-refractivity contribution in [2.24, 2.45) is 0 Å². The Morgan fingerprint density at radius 1 is 1.31 bits per heavy atom. The molecule has 0 radical (unpaired) electrons. The lowest BCUT2D eigenvalue weighted by atomic mass is 10.2. The molecule has 29 heavy (non-hydrogen) atoms. The highest BCUT2D eigenvalue weighted by molar-refractivity contribution is 5.73. The zero-order chi connectivity index (χ0) is 20.4. The molecule has 1 fully saturated rings. The number of hydrogen-bond donors (Lipinski definition) is 0. The number of aromatic nitrogens is 5. The smallest absolute Gasteiger partial charge is 0.258 e. The number of nitrogens with zero attached hydrogens (tertiary/aromatic N) is 7. The second kappa shape index (κ2) is 7.98. The molecule has 0 bridgehead atoms. The fourth-order valence-corrected chi connectivity index (χ4v) is 3.49. The summed E-state index contributed by atoms with van der Waals surface area (Å²) in [6, 6.07) is 3.82. The van der Waals surface area contributed by atoms with Gasteiger partial charge in [-0.05, 0) is 25.5 Å². The van der Waals surface area contributed by atoms with Crippen LogP contribution in [-0.4, -0.2) is 55.2 Å². The predicted molar refractivity (Wildman–Crippen MR) is 103 cm³/mol. The highest BCUT2D eigenvalue weighted by Crippen LogP contribution is 2.26. The van der Waals surface area contributed by atoms with Gasteiger partial charge in [-0.3, -0.25) is 4.79 Å². The molecule has 0 aromatic carbocycles. The molecule has 1 aliphatic heterocycles. The number of anilines is 1. The van der Waals surface area contributed by atoms with Crippen LogP contribution in [0.1, 0.15) is 37.8 Å². The number of carbonyl (C=O) groups excluding carboxylic acids is 1. The molecule has 0 N–H and O–H groups in total. The third-order valence-corrected chi connectivity index (χ3v) is 4.98. The molecule has 0 saturated carbocycles. The second-order valence-corrected chi connectivity index (χ2v) is 7.04. The summed E-state index contributed by atoms with van der Waals surface area (Å²) < 4.78 is 10.4. The fraction of sp³-hybridized carbons (Fsp3) is 0.474. The van der Waals surface area contributed by atoms with Crippen molar-refractivity contribution < 1.29 is 13.8 Å². The van der Waals surface area contributed by atoms with E-state index in [1.54, 1.807) is 24.9 Å². The highest BCUT2D eigenvalue weighted by Gasteiger charge is 2.31. The molecule has 0 spiro atoms. The Balaban J connectivity index is 1.48. The lowest BCUT2D eigenvalue weighted by Gasteiger charge is -2.27. The van der Waals surface area contributed by atoms with E-state index in [9.17, 15) is 4.79 Å². The van der Waals surface area contributed by atoms with E-state index < -0.39 is 0 Å². The first-order valence-electron chi connectivity index (χ1n) is 9.64. The van der Waals surface area contributed by atoms with Gasteiger partial charge in [0.25, 0.3) is 5.89 Å². The van der Waals surface area contributed by atoms with E-state index in [4.69, 9.17) is 9.05 Å². The molecular weight excluding hydrogens is 374 g/mol. The van der Waals surface area contributed by atoms with Crippen LogP contribution in [0.4, 0.5) is 5.82 Å². The number of hydrogen-bond acceptors (Lipinski definition) is 9. The minimum atomic E-state index is -0.0113. The lowest BCUT2D eigenvalue weighted by Crippen LogP contribution is -2.40. The van der Waals surface area contributed by atoms with Gasteiger partial charge in [0, 0.05) is 38.2 Å². The maximum atomic E-state index is 12.3. The number of pyridine rings is 1. The Morgan fingerprint density at radius 2 is 2.17 bits per heavy atom. The van der Waals surface area contributed by atoms with Gasteiger partial charge in [0.05, 0.1) is 12.6 Å². The third kappa shape index (κ3) is 4.10. The Labute approximate surface area is 167 Å². The SMILES string of the molecule is CCc1nc(CN(C(C)=O)[C@H]2CCN(c3cc(-c4nc(C)no4)ccn3)C2)no1. The zero-order valence-corrected chi connectivity index (χ0v) is 16.7. The average molecular weight is 397 g/mol. The molecule has 4 heterocycles. The maximum absolute atomic E-state index is 12.3. The van der Waals surface area contributed by atoms with Crippen molar-refractivity contribution in [3.63, 3.8) is 0 Å². The van der Waals surface area contributed by atoms with Gasteiger partial charge in [-0.25, -0.2) is 4.98 Å². The first-order chi connectivity index (χ1) is 14.0. The molecule has 3 aromatic rings. The van der Waals surface area contributed by atoms with Gasteiger partial charge in [-0.15, -0.1) is 0 Å². The maximum Gasteiger partial charge on any atom is 0.258 e. The van der Waals surface area contributed by atoms with Crippen LogP contribution in [0.5, 0.6) is 0 Å². The summed E-state index contributed by atoms with van der Waals surface area (Å²) in [7, 11) is 0. The number of carbonyl (C=O) groups is 1. The van der Waals surface area contributed by atoms with Gasteiger partial charge >= 0.3 is 0 Å². The fourth-order valence-electron chi connectivity index (χ4n) is 3.49. The monoisotopic (exact) mass is 397 g/mol. The number of rotatable bonds is 6. The highest BCUT2D eigenvalue weighted by atomic mass is 16.5. The summed E-state index contributed by atoms with van der Waals surface area (Å²) in [5.41, 5.74) is 0.821. The Hall–Kier alpha value is -3.30. The van der Waals surface area contributed by atoms with Gasteiger partial charge in [-0.1, -0.05) is 17.2 Å². The van der Waals surface area contributed by atoms with Crippen LogP contribution in [0.3, 0.4) is 0 Å². The summed E-state index contributed by atoms with van der Waals surface area (Å²) in [6.45, 7) is 7.11. The second-order valence-electron chi connectivity index (χ2n) is 7.04. The Kier molecular flexibility index (Phi) is 5.24. The average Bonchev–Trinajstić information content (AvgIpc) is 3.46. The Bertz CT molecular complexity index is 999. The molecule has 0 aliphatic carbocycles. The minimum absolute atomic E-state index is 0.0113. The van der Waals surface area contributed by atoms with Crippen LogP contribution >= 0.6 is 0 Å². The van der Waals surface area contributed by atoms with Gasteiger partial charge < -0.3 is 18.8 Å². The standard InChI is InChI=1S/C19H23N7O3/c1-4-18-22-16(24-28-18)11-26(13(3)27)15-6-8-25(10-15)17-9-14(5-7-20-17)19-21-12(2)23-29-19/h5,7,9,15H,4,6,8,10-11H2,1-3H3/t15-/m0/s1. The van der Waals surface area contributed by atoms with Crippen LogP contribution in [-0.2, 0) is 17.8 Å². The van der Waals surface area contributed by atoms with Crippen molar-refractivity contribution in [3.05, 3.63) is 35.9 Å². The van der Waals surface area contributed by atoms with Crippen molar-refractivity contribution in [2.75, 3.05) is 18.0 Å². The summed E-state index contributed by atoms with van der Waals surface area (Å²) >= 11 is 0. The molecule has 10 heteroatoms. The van der Waals surface area contributed by atoms with Gasteiger partial charge in [-0.2, -0.15) is 9.97 Å². The van der Waals surface area contributed by atoms with Gasteiger partial charge in [0.15, 0.2) is 11.6 Å². The van der Waals surface area contributed by atoms with Gasteiger partial charge in [0.2, 0.25) is 11.8 Å². The van der Waals surface area contributed by atoms with Crippen LogP contribution in [0.15, 0.2) is 27.4 Å². The van der Waals surface area contributed by atoms with Crippen molar-refractivity contribution in [1.29, 1.82) is 0 Å².